The number of hydrogen-bond donors (Lipinski definition) is 1. The Morgan fingerprint density at radius 2 is 2.07 bits per heavy atom. The van der Waals surface area contributed by atoms with Crippen LogP contribution in [0.4, 0.5) is 5.82 Å². The maximum atomic E-state index is 12.6. The first-order chi connectivity index (χ1) is 14.1. The molecule has 1 aliphatic heterocycles. The third kappa shape index (κ3) is 6.41. The van der Waals surface area contributed by atoms with Gasteiger partial charge in [-0.05, 0) is 31.4 Å². The van der Waals surface area contributed by atoms with Gasteiger partial charge in [-0.1, -0.05) is 30.3 Å². The van der Waals surface area contributed by atoms with Crippen LogP contribution in [0.25, 0.3) is 6.08 Å². The lowest BCUT2D eigenvalue weighted by Gasteiger charge is -2.33. The zero-order valence-corrected chi connectivity index (χ0v) is 16.6. The van der Waals surface area contributed by atoms with Gasteiger partial charge in [-0.25, -0.2) is 9.78 Å². The van der Waals surface area contributed by atoms with E-state index in [0.29, 0.717) is 31.1 Å². The van der Waals surface area contributed by atoms with Crippen molar-refractivity contribution in [2.45, 2.75) is 32.2 Å². The molecule has 1 N–H and O–H groups in total. The van der Waals surface area contributed by atoms with Crippen LogP contribution < -0.4 is 5.32 Å². The highest BCUT2D eigenvalue weighted by atomic mass is 16.5. The molecule has 29 heavy (non-hydrogen) atoms. The second-order valence-electron chi connectivity index (χ2n) is 6.90. The van der Waals surface area contributed by atoms with Crippen LogP contribution in [-0.4, -0.2) is 52.5 Å². The quantitative estimate of drug-likeness (QED) is 0.574. The number of rotatable bonds is 7. The minimum Gasteiger partial charge on any atom is -0.463 e. The van der Waals surface area contributed by atoms with Crippen molar-refractivity contribution < 1.29 is 14.3 Å². The SMILES string of the molecule is CCOC(=O)C=Cc1cnc(N[C@@H]2CCCN(C(=O)Cc3ccccc3)C2)cn1. The monoisotopic (exact) mass is 394 g/mol. The van der Waals surface area contributed by atoms with Crippen LogP contribution in [0.2, 0.25) is 0 Å². The van der Waals surface area contributed by atoms with E-state index in [1.165, 1.54) is 6.08 Å². The van der Waals surface area contributed by atoms with Crippen LogP contribution in [0.15, 0.2) is 48.8 Å². The molecule has 1 atom stereocenters. The molecule has 0 bridgehead atoms. The van der Waals surface area contributed by atoms with E-state index >= 15 is 0 Å². The number of nitrogens with one attached hydrogen (secondary N) is 1. The Morgan fingerprint density at radius 3 is 2.79 bits per heavy atom. The molecule has 1 amide bonds. The molecule has 0 aliphatic carbocycles. The maximum Gasteiger partial charge on any atom is 0.330 e. The van der Waals surface area contributed by atoms with Crippen LogP contribution >= 0.6 is 0 Å². The van der Waals surface area contributed by atoms with Crippen molar-refractivity contribution in [2.24, 2.45) is 0 Å². The summed E-state index contributed by atoms with van der Waals surface area (Å²) in [6, 6.07) is 9.95. The lowest BCUT2D eigenvalue weighted by Crippen LogP contribution is -2.45. The van der Waals surface area contributed by atoms with Crippen molar-refractivity contribution in [1.29, 1.82) is 0 Å². The zero-order chi connectivity index (χ0) is 20.5. The normalized spacial score (nSPS) is 16.6. The predicted octanol–water partition coefficient (Wildman–Crippen LogP) is 2.70. The van der Waals surface area contributed by atoms with Gasteiger partial charge in [0.25, 0.3) is 0 Å². The molecular weight excluding hydrogens is 368 g/mol. The molecule has 1 saturated heterocycles. The fourth-order valence-corrected chi connectivity index (χ4v) is 3.26. The molecule has 1 fully saturated rings. The Bertz CT molecular complexity index is 837. The minimum atomic E-state index is -0.404. The van der Waals surface area contributed by atoms with E-state index in [4.69, 9.17) is 4.74 Å². The molecule has 2 heterocycles. The summed E-state index contributed by atoms with van der Waals surface area (Å²) < 4.78 is 4.84. The Labute approximate surface area is 170 Å². The summed E-state index contributed by atoms with van der Waals surface area (Å²) in [6.45, 7) is 3.53. The van der Waals surface area contributed by atoms with Crippen LogP contribution in [0.1, 0.15) is 31.0 Å². The zero-order valence-electron chi connectivity index (χ0n) is 16.6. The van der Waals surface area contributed by atoms with Crippen LogP contribution in [0, 0.1) is 0 Å². The summed E-state index contributed by atoms with van der Waals surface area (Å²) in [4.78, 5) is 34.5. The average molecular weight is 394 g/mol. The van der Waals surface area contributed by atoms with Gasteiger partial charge in [0.05, 0.1) is 31.1 Å². The molecule has 7 heteroatoms. The number of anilines is 1. The van der Waals surface area contributed by atoms with Crippen molar-refractivity contribution in [1.82, 2.24) is 14.9 Å². The van der Waals surface area contributed by atoms with Crippen molar-refractivity contribution in [2.75, 3.05) is 25.0 Å². The first kappa shape index (κ1) is 20.5. The van der Waals surface area contributed by atoms with E-state index in [1.54, 1.807) is 25.4 Å². The molecule has 1 aliphatic rings. The third-order valence-electron chi connectivity index (χ3n) is 4.67. The number of aromatic nitrogens is 2. The fourth-order valence-electron chi connectivity index (χ4n) is 3.26. The summed E-state index contributed by atoms with van der Waals surface area (Å²) in [5.74, 6) is 0.396. The lowest BCUT2D eigenvalue weighted by atomic mass is 10.0. The predicted molar refractivity (Wildman–Crippen MR) is 111 cm³/mol. The van der Waals surface area contributed by atoms with E-state index < -0.39 is 5.97 Å². The lowest BCUT2D eigenvalue weighted by molar-refractivity contribution is -0.137. The van der Waals surface area contributed by atoms with E-state index in [2.05, 4.69) is 15.3 Å². The standard InChI is InChI=1S/C22H26N4O3/c1-2-29-22(28)11-10-18-14-24-20(15-23-18)25-19-9-6-12-26(16-19)21(27)13-17-7-4-3-5-8-17/h3-5,7-8,10-11,14-15,19H,2,6,9,12-13,16H2,1H3,(H,24,25)/t19-/m1/s1. The third-order valence-corrected chi connectivity index (χ3v) is 4.67. The summed E-state index contributed by atoms with van der Waals surface area (Å²) in [5, 5.41) is 3.36. The van der Waals surface area contributed by atoms with Crippen LogP contribution in [0.5, 0.6) is 0 Å². The molecule has 2 aromatic rings. The number of esters is 1. The largest absolute Gasteiger partial charge is 0.463 e. The number of piperidine rings is 1. The molecule has 3 rings (SSSR count). The van der Waals surface area contributed by atoms with Gasteiger partial charge < -0.3 is 15.0 Å². The van der Waals surface area contributed by atoms with Gasteiger partial charge >= 0.3 is 5.97 Å². The number of amides is 1. The van der Waals surface area contributed by atoms with Gasteiger partial charge in [-0.2, -0.15) is 0 Å². The number of carbonyl (C=O) groups is 2. The summed E-state index contributed by atoms with van der Waals surface area (Å²) >= 11 is 0. The highest BCUT2D eigenvalue weighted by Gasteiger charge is 2.23. The van der Waals surface area contributed by atoms with Crippen molar-refractivity contribution in [3.63, 3.8) is 0 Å². The highest BCUT2D eigenvalue weighted by Crippen LogP contribution is 2.16. The minimum absolute atomic E-state index is 0.138. The number of carbonyl (C=O) groups excluding carboxylic acids is 2. The molecule has 0 spiro atoms. The average Bonchev–Trinajstić information content (AvgIpc) is 2.74. The molecule has 1 aromatic heterocycles. The Hall–Kier alpha value is -3.22. The maximum absolute atomic E-state index is 12.6. The fraction of sp³-hybridized carbons (Fsp3) is 0.364. The van der Waals surface area contributed by atoms with Crippen molar-refractivity contribution in [3.05, 3.63) is 60.1 Å². The van der Waals surface area contributed by atoms with E-state index in [0.717, 1.165) is 24.9 Å². The summed E-state index contributed by atoms with van der Waals surface area (Å²) in [5.41, 5.74) is 1.61. The second-order valence-corrected chi connectivity index (χ2v) is 6.90. The number of hydrogen-bond acceptors (Lipinski definition) is 6. The van der Waals surface area contributed by atoms with Gasteiger partial charge in [0.15, 0.2) is 0 Å². The molecule has 0 unspecified atom stereocenters. The first-order valence-electron chi connectivity index (χ1n) is 9.89. The highest BCUT2D eigenvalue weighted by molar-refractivity contribution is 5.86. The summed E-state index contributed by atoms with van der Waals surface area (Å²) in [7, 11) is 0. The van der Waals surface area contributed by atoms with Gasteiger partial charge in [0.2, 0.25) is 5.91 Å². The Balaban J connectivity index is 1.52. The molecular formula is C22H26N4O3. The Kier molecular flexibility index (Phi) is 7.33. The van der Waals surface area contributed by atoms with Crippen LogP contribution in [0.3, 0.4) is 0 Å². The molecule has 7 nitrogen and oxygen atoms in total. The topological polar surface area (TPSA) is 84.4 Å². The van der Waals surface area contributed by atoms with Crippen molar-refractivity contribution >= 4 is 23.8 Å². The number of nitrogens with zero attached hydrogens (tertiary/aromatic N) is 3. The van der Waals surface area contributed by atoms with Gasteiger partial charge in [0, 0.05) is 25.2 Å². The number of ether oxygens (including phenoxy) is 1. The molecule has 1 aromatic carbocycles. The second kappa shape index (κ2) is 10.4. The van der Waals surface area contributed by atoms with Crippen molar-refractivity contribution in [3.8, 4) is 0 Å². The number of benzene rings is 1. The molecule has 0 radical (unpaired) electrons. The molecule has 0 saturated carbocycles. The smallest absolute Gasteiger partial charge is 0.330 e. The van der Waals surface area contributed by atoms with E-state index in [9.17, 15) is 9.59 Å². The van der Waals surface area contributed by atoms with Gasteiger partial charge in [-0.15, -0.1) is 0 Å². The van der Waals surface area contributed by atoms with Crippen LogP contribution in [-0.2, 0) is 20.7 Å². The Morgan fingerprint density at radius 1 is 1.24 bits per heavy atom. The van der Waals surface area contributed by atoms with E-state index in [1.807, 2.05) is 35.2 Å². The summed E-state index contributed by atoms with van der Waals surface area (Å²) in [6.07, 6.45) is 8.48. The molecule has 152 valence electrons. The number of likely N-dealkylation sites (tertiary alicyclic amines) is 1. The van der Waals surface area contributed by atoms with Gasteiger partial charge in [-0.3, -0.25) is 9.78 Å². The van der Waals surface area contributed by atoms with E-state index in [-0.39, 0.29) is 11.9 Å². The van der Waals surface area contributed by atoms with Gasteiger partial charge in [0.1, 0.15) is 5.82 Å². The first-order valence-corrected chi connectivity index (χ1v) is 9.89.